The van der Waals surface area contributed by atoms with Crippen molar-refractivity contribution in [1.29, 1.82) is 0 Å². The van der Waals surface area contributed by atoms with Crippen LogP contribution in [0.3, 0.4) is 0 Å². The topological polar surface area (TPSA) is 76.2 Å². The van der Waals surface area contributed by atoms with Crippen LogP contribution in [0.4, 0.5) is 11.6 Å². The summed E-state index contributed by atoms with van der Waals surface area (Å²) in [5, 5.41) is 3.45. The lowest BCUT2D eigenvalue weighted by Gasteiger charge is -2.24. The van der Waals surface area contributed by atoms with Crippen LogP contribution >= 0.6 is 0 Å². The van der Waals surface area contributed by atoms with Crippen LogP contribution in [0.5, 0.6) is 0 Å². The number of fused-ring (bicyclic) bond motifs is 1. The van der Waals surface area contributed by atoms with Crippen LogP contribution in [-0.2, 0) is 6.54 Å². The maximum Gasteiger partial charge on any atom is 0.253 e. The molecular formula is C28H41N5O. The Morgan fingerprint density at radius 1 is 1.03 bits per heavy atom. The van der Waals surface area contributed by atoms with Gasteiger partial charge in [-0.05, 0) is 74.9 Å². The molecule has 1 aromatic heterocycles. The highest BCUT2D eigenvalue weighted by molar-refractivity contribution is 5.98. The molecule has 0 fully saturated rings. The number of aryl methyl sites for hydroxylation is 2. The van der Waals surface area contributed by atoms with Crippen molar-refractivity contribution >= 4 is 28.6 Å². The van der Waals surface area contributed by atoms with Gasteiger partial charge < -0.3 is 20.5 Å². The van der Waals surface area contributed by atoms with Crippen LogP contribution in [0.2, 0.25) is 0 Å². The van der Waals surface area contributed by atoms with Gasteiger partial charge in [0.25, 0.3) is 5.91 Å². The maximum absolute atomic E-state index is 13.5. The Hall–Kier alpha value is -2.86. The number of nitrogens with two attached hydrogens (primary N) is 1. The number of benzene rings is 2. The normalized spacial score (nSPS) is 11.5. The SMILES string of the molecule is Cc1ccc(Nc2nc3ccc(C(=O)N(CCC(C)C)CCC(C)C)cc3n2CCCN)cc1. The summed E-state index contributed by atoms with van der Waals surface area (Å²) >= 11 is 0. The van der Waals surface area contributed by atoms with Crippen LogP contribution in [0, 0.1) is 18.8 Å². The highest BCUT2D eigenvalue weighted by Gasteiger charge is 2.19. The van der Waals surface area contributed by atoms with Gasteiger partial charge in [0.2, 0.25) is 5.95 Å². The van der Waals surface area contributed by atoms with Crippen molar-refractivity contribution in [3.05, 3.63) is 53.6 Å². The summed E-state index contributed by atoms with van der Waals surface area (Å²) in [4.78, 5) is 20.4. The Balaban J connectivity index is 1.93. The molecule has 0 saturated carbocycles. The molecule has 6 nitrogen and oxygen atoms in total. The number of hydrogen-bond donors (Lipinski definition) is 2. The molecule has 3 rings (SSSR count). The summed E-state index contributed by atoms with van der Waals surface area (Å²) < 4.78 is 2.14. The molecule has 6 heteroatoms. The first kappa shape index (κ1) is 25.8. The predicted molar refractivity (Wildman–Crippen MR) is 143 cm³/mol. The third-order valence-corrected chi connectivity index (χ3v) is 6.13. The van der Waals surface area contributed by atoms with Gasteiger partial charge in [0.1, 0.15) is 0 Å². The largest absolute Gasteiger partial charge is 0.339 e. The number of anilines is 2. The lowest BCUT2D eigenvalue weighted by molar-refractivity contribution is 0.0741. The zero-order valence-corrected chi connectivity index (χ0v) is 21.5. The Bertz CT molecular complexity index is 1060. The van der Waals surface area contributed by atoms with Crippen molar-refractivity contribution in [3.8, 4) is 0 Å². The van der Waals surface area contributed by atoms with Crippen molar-refractivity contribution in [2.24, 2.45) is 17.6 Å². The third-order valence-electron chi connectivity index (χ3n) is 6.13. The van der Waals surface area contributed by atoms with Crippen LogP contribution in [0.15, 0.2) is 42.5 Å². The van der Waals surface area contributed by atoms with Crippen LogP contribution in [0.1, 0.15) is 62.9 Å². The van der Waals surface area contributed by atoms with Gasteiger partial charge in [-0.25, -0.2) is 4.98 Å². The monoisotopic (exact) mass is 463 g/mol. The zero-order valence-electron chi connectivity index (χ0n) is 21.5. The number of nitrogens with zero attached hydrogens (tertiary/aromatic N) is 3. The number of hydrogen-bond acceptors (Lipinski definition) is 4. The lowest BCUT2D eigenvalue weighted by atomic mass is 10.1. The average Bonchev–Trinajstić information content (AvgIpc) is 3.14. The second kappa shape index (κ2) is 12.0. The fourth-order valence-electron chi connectivity index (χ4n) is 3.92. The van der Waals surface area contributed by atoms with E-state index in [1.54, 1.807) is 0 Å². The van der Waals surface area contributed by atoms with Gasteiger partial charge in [0.05, 0.1) is 11.0 Å². The number of amides is 1. The van der Waals surface area contributed by atoms with E-state index in [1.807, 2.05) is 23.1 Å². The average molecular weight is 464 g/mol. The maximum atomic E-state index is 13.5. The number of carbonyl (C=O) groups excluding carboxylic acids is 1. The van der Waals surface area contributed by atoms with Crippen molar-refractivity contribution in [2.75, 3.05) is 25.0 Å². The molecule has 2 aromatic carbocycles. The van der Waals surface area contributed by atoms with Gasteiger partial charge in [-0.1, -0.05) is 45.4 Å². The first-order chi connectivity index (χ1) is 16.3. The summed E-state index contributed by atoms with van der Waals surface area (Å²) in [7, 11) is 0. The van der Waals surface area contributed by atoms with Gasteiger partial charge in [-0.15, -0.1) is 0 Å². The predicted octanol–water partition coefficient (Wildman–Crippen LogP) is 5.97. The number of imidazole rings is 1. The molecule has 0 saturated heterocycles. The smallest absolute Gasteiger partial charge is 0.253 e. The molecule has 0 aliphatic heterocycles. The third kappa shape index (κ3) is 6.83. The summed E-state index contributed by atoms with van der Waals surface area (Å²) in [5.41, 5.74) is 10.6. The van der Waals surface area contributed by atoms with E-state index in [2.05, 4.69) is 68.8 Å². The second-order valence-electron chi connectivity index (χ2n) is 10.1. The Morgan fingerprint density at radius 2 is 1.68 bits per heavy atom. The number of rotatable bonds is 12. The standard InChI is InChI=1S/C28H41N5O/c1-20(2)13-17-32(18-14-21(3)4)27(34)23-9-12-25-26(19-23)33(16-6-15-29)28(31-25)30-24-10-7-22(5)8-11-24/h7-12,19-21H,6,13-18,29H2,1-5H3,(H,30,31). The lowest BCUT2D eigenvalue weighted by Crippen LogP contribution is -2.34. The van der Waals surface area contributed by atoms with E-state index in [0.717, 1.165) is 67.1 Å². The van der Waals surface area contributed by atoms with E-state index in [4.69, 9.17) is 10.7 Å². The minimum absolute atomic E-state index is 0.0998. The van der Waals surface area contributed by atoms with Crippen molar-refractivity contribution in [2.45, 2.75) is 60.4 Å². The van der Waals surface area contributed by atoms with E-state index in [-0.39, 0.29) is 5.91 Å². The first-order valence-electron chi connectivity index (χ1n) is 12.6. The second-order valence-corrected chi connectivity index (χ2v) is 10.1. The fourth-order valence-corrected chi connectivity index (χ4v) is 3.92. The molecule has 3 aromatic rings. The Morgan fingerprint density at radius 3 is 2.26 bits per heavy atom. The van der Waals surface area contributed by atoms with Crippen LogP contribution in [-0.4, -0.2) is 40.0 Å². The number of aromatic nitrogens is 2. The molecule has 0 radical (unpaired) electrons. The highest BCUT2D eigenvalue weighted by atomic mass is 16.2. The van der Waals surface area contributed by atoms with Crippen molar-refractivity contribution < 1.29 is 4.79 Å². The molecule has 0 unspecified atom stereocenters. The Labute approximate surface area is 204 Å². The van der Waals surface area contributed by atoms with Gasteiger partial charge >= 0.3 is 0 Å². The van der Waals surface area contributed by atoms with E-state index >= 15 is 0 Å². The summed E-state index contributed by atoms with van der Waals surface area (Å²) in [6.07, 6.45) is 2.84. The van der Waals surface area contributed by atoms with E-state index in [9.17, 15) is 4.79 Å². The summed E-state index contributed by atoms with van der Waals surface area (Å²) in [6.45, 7) is 13.8. The molecule has 1 amide bonds. The van der Waals surface area contributed by atoms with Crippen LogP contribution < -0.4 is 11.1 Å². The molecule has 0 aliphatic carbocycles. The molecule has 0 bridgehead atoms. The highest BCUT2D eigenvalue weighted by Crippen LogP contribution is 2.25. The molecule has 3 N–H and O–H groups in total. The van der Waals surface area contributed by atoms with Gasteiger partial charge in [0, 0.05) is 30.9 Å². The number of carbonyl (C=O) groups is 1. The molecule has 34 heavy (non-hydrogen) atoms. The molecule has 184 valence electrons. The van der Waals surface area contributed by atoms with E-state index in [1.165, 1.54) is 5.56 Å². The minimum atomic E-state index is 0.0998. The van der Waals surface area contributed by atoms with Gasteiger partial charge in [-0.3, -0.25) is 4.79 Å². The van der Waals surface area contributed by atoms with Gasteiger partial charge in [0.15, 0.2) is 0 Å². The minimum Gasteiger partial charge on any atom is -0.339 e. The summed E-state index contributed by atoms with van der Waals surface area (Å²) in [5.74, 6) is 1.99. The Kier molecular flexibility index (Phi) is 9.11. The van der Waals surface area contributed by atoms with Crippen molar-refractivity contribution in [3.63, 3.8) is 0 Å². The zero-order chi connectivity index (χ0) is 24.7. The summed E-state index contributed by atoms with van der Waals surface area (Å²) in [6, 6.07) is 14.1. The molecule has 0 atom stereocenters. The molecule has 1 heterocycles. The molecule has 0 aliphatic rings. The quantitative estimate of drug-likeness (QED) is 0.347. The first-order valence-corrected chi connectivity index (χ1v) is 12.6. The fraction of sp³-hybridized carbons (Fsp3) is 0.500. The van der Waals surface area contributed by atoms with Crippen molar-refractivity contribution in [1.82, 2.24) is 14.5 Å². The van der Waals surface area contributed by atoms with Gasteiger partial charge in [-0.2, -0.15) is 0 Å². The van der Waals surface area contributed by atoms with E-state index in [0.29, 0.717) is 18.4 Å². The van der Waals surface area contributed by atoms with Crippen LogP contribution in [0.25, 0.3) is 11.0 Å². The number of nitrogens with one attached hydrogen (secondary N) is 1. The molecular weight excluding hydrogens is 422 g/mol. The van der Waals surface area contributed by atoms with E-state index < -0.39 is 0 Å². The molecule has 0 spiro atoms.